The first-order valence-corrected chi connectivity index (χ1v) is 1.84. The van der Waals surface area contributed by atoms with Gasteiger partial charge >= 0.3 is 5.97 Å². The van der Waals surface area contributed by atoms with E-state index in [2.05, 4.69) is 4.74 Å². The summed E-state index contributed by atoms with van der Waals surface area (Å²) >= 11 is 0. The van der Waals surface area contributed by atoms with Gasteiger partial charge in [-0.25, -0.2) is 4.79 Å². The molecule has 0 fully saturated rings. The minimum Gasteiger partial charge on any atom is -0.495 e. The zero-order valence-electron chi connectivity index (χ0n) is 3.96. The van der Waals surface area contributed by atoms with Gasteiger partial charge in [0.15, 0.2) is 0 Å². The normalized spacial score (nSPS) is 14.2. The molecule has 46 valence electrons. The van der Waals surface area contributed by atoms with Crippen LogP contribution in [0.5, 0.6) is 0 Å². The largest absolute Gasteiger partial charge is 0.495 e. The summed E-state index contributed by atoms with van der Waals surface area (Å²) in [5.41, 5.74) is 0.347. The van der Waals surface area contributed by atoms with Crippen LogP contribution in [-0.4, -0.2) is 17.7 Å². The third kappa shape index (κ3) is 1.13. The third-order valence-electron chi connectivity index (χ3n) is 0.739. The summed E-state index contributed by atoms with van der Waals surface area (Å²) in [4.78, 5) is 9.83. The Morgan fingerprint density at radius 2 is 2.38 bits per heavy atom. The van der Waals surface area contributed by atoms with Crippen molar-refractivity contribution < 1.29 is 14.6 Å². The van der Waals surface area contributed by atoms with E-state index in [1.54, 1.807) is 0 Å². The predicted octanol–water partition coefficient (Wildman–Crippen LogP) is 0.407. The van der Waals surface area contributed by atoms with Gasteiger partial charge in [0.2, 0.25) is 0 Å². The first-order chi connectivity index (χ1) is 3.30. The molecule has 0 aliphatic carbocycles. The fourth-order valence-electron chi connectivity index (χ4n) is 0.279. The van der Waals surface area contributed by atoms with E-state index in [-0.39, 0.29) is 19.0 Å². The lowest BCUT2D eigenvalue weighted by molar-refractivity contribution is -0.134. The Morgan fingerprint density at radius 3 is 2.38 bits per heavy atom. The predicted molar refractivity (Wildman–Crippen MR) is 28.9 cm³/mol. The van der Waals surface area contributed by atoms with Gasteiger partial charge in [-0.05, 0) is 0 Å². The first kappa shape index (κ1) is 7.30. The van der Waals surface area contributed by atoms with Gasteiger partial charge < -0.3 is 9.84 Å². The molecule has 3 nitrogen and oxygen atoms in total. The molecule has 8 heavy (non-hydrogen) atoms. The number of carbonyl (C=O) groups is 1. The molecular formula is C4H5ClO3. The van der Waals surface area contributed by atoms with E-state index in [1.807, 2.05) is 0 Å². The Balaban J connectivity index is 0.000000490. The molecule has 0 radical (unpaired) electrons. The fraction of sp³-hybridized carbons (Fsp3) is 0.250. The zero-order chi connectivity index (χ0) is 5.28. The molecule has 0 bridgehead atoms. The van der Waals surface area contributed by atoms with Gasteiger partial charge in [-0.2, -0.15) is 0 Å². The van der Waals surface area contributed by atoms with Crippen molar-refractivity contribution in [2.75, 3.05) is 6.61 Å². The molecule has 0 unspecified atom stereocenters. The molecule has 0 saturated heterocycles. The number of hydrogen-bond acceptors (Lipinski definition) is 2. The standard InChI is InChI=1S/C4H4O3.ClH/c5-4(6)3-1-7-2-3;/h1H,2H2,(H,5,6);1H. The molecule has 1 aliphatic heterocycles. The van der Waals surface area contributed by atoms with Gasteiger partial charge in [-0.15, -0.1) is 12.4 Å². The second-order valence-corrected chi connectivity index (χ2v) is 1.26. The van der Waals surface area contributed by atoms with Crippen LogP contribution in [0.25, 0.3) is 0 Å². The van der Waals surface area contributed by atoms with Gasteiger partial charge in [0.05, 0.1) is 6.26 Å². The summed E-state index contributed by atoms with van der Waals surface area (Å²) in [7, 11) is 0. The van der Waals surface area contributed by atoms with E-state index in [9.17, 15) is 4.79 Å². The average Bonchev–Trinajstić information content (AvgIpc) is 1.23. The molecule has 4 heteroatoms. The summed E-state index contributed by atoms with van der Waals surface area (Å²) in [5, 5.41) is 8.08. The third-order valence-corrected chi connectivity index (χ3v) is 0.739. The van der Waals surface area contributed by atoms with E-state index in [1.165, 1.54) is 6.26 Å². The number of carboxylic acids is 1. The number of carboxylic acid groups (broad SMARTS) is 1. The number of ether oxygens (including phenoxy) is 1. The molecule has 1 heterocycles. The first-order valence-electron chi connectivity index (χ1n) is 1.84. The van der Waals surface area contributed by atoms with Crippen LogP contribution in [0.15, 0.2) is 11.8 Å². The lowest BCUT2D eigenvalue weighted by Gasteiger charge is -2.09. The second-order valence-electron chi connectivity index (χ2n) is 1.26. The average molecular weight is 137 g/mol. The van der Waals surface area contributed by atoms with E-state index in [0.29, 0.717) is 5.57 Å². The van der Waals surface area contributed by atoms with Crippen molar-refractivity contribution in [3.05, 3.63) is 11.8 Å². The van der Waals surface area contributed by atoms with Crippen molar-refractivity contribution in [1.29, 1.82) is 0 Å². The van der Waals surface area contributed by atoms with Crippen molar-refractivity contribution in [2.45, 2.75) is 0 Å². The maximum absolute atomic E-state index is 9.83. The number of aliphatic carboxylic acids is 1. The van der Waals surface area contributed by atoms with Crippen LogP contribution < -0.4 is 0 Å². The van der Waals surface area contributed by atoms with Crippen LogP contribution in [0.1, 0.15) is 0 Å². The number of halogens is 1. The minimum absolute atomic E-state index is 0. The molecule has 0 amide bonds. The summed E-state index contributed by atoms with van der Waals surface area (Å²) in [6.45, 7) is 0.259. The van der Waals surface area contributed by atoms with Gasteiger partial charge in [0.1, 0.15) is 12.2 Å². The molecule has 0 atom stereocenters. The quantitative estimate of drug-likeness (QED) is 0.568. The number of hydrogen-bond donors (Lipinski definition) is 1. The summed E-state index contributed by atoms with van der Waals surface area (Å²) in [6.07, 6.45) is 1.24. The van der Waals surface area contributed by atoms with Crippen molar-refractivity contribution in [1.82, 2.24) is 0 Å². The Labute approximate surface area is 52.4 Å². The van der Waals surface area contributed by atoms with Crippen LogP contribution in [0, 0.1) is 0 Å². The number of rotatable bonds is 1. The highest BCUT2D eigenvalue weighted by Crippen LogP contribution is 2.05. The van der Waals surface area contributed by atoms with Crippen LogP contribution >= 0.6 is 12.4 Å². The highest BCUT2D eigenvalue weighted by molar-refractivity contribution is 5.87. The van der Waals surface area contributed by atoms with Gasteiger partial charge in [0, 0.05) is 0 Å². The molecule has 1 N–H and O–H groups in total. The highest BCUT2D eigenvalue weighted by Gasteiger charge is 2.13. The maximum atomic E-state index is 9.83. The zero-order valence-corrected chi connectivity index (χ0v) is 4.77. The van der Waals surface area contributed by atoms with Crippen molar-refractivity contribution >= 4 is 18.4 Å². The Morgan fingerprint density at radius 1 is 1.88 bits per heavy atom. The lowest BCUT2D eigenvalue weighted by Crippen LogP contribution is -2.13. The smallest absolute Gasteiger partial charge is 0.338 e. The fourth-order valence-corrected chi connectivity index (χ4v) is 0.279. The van der Waals surface area contributed by atoms with Crippen molar-refractivity contribution in [2.24, 2.45) is 0 Å². The van der Waals surface area contributed by atoms with E-state index < -0.39 is 5.97 Å². The molecule has 1 aliphatic rings. The molecule has 0 aromatic rings. The molecule has 1 rings (SSSR count). The molecular weight excluding hydrogens is 131 g/mol. The SMILES string of the molecule is Cl.O=C(O)C1=COC1. The summed E-state index contributed by atoms with van der Waals surface area (Å²) in [5.74, 6) is -0.883. The van der Waals surface area contributed by atoms with Crippen LogP contribution in [0.4, 0.5) is 0 Å². The van der Waals surface area contributed by atoms with E-state index in [0.717, 1.165) is 0 Å². The molecule has 0 aromatic heterocycles. The highest BCUT2D eigenvalue weighted by atomic mass is 35.5. The van der Waals surface area contributed by atoms with Crippen molar-refractivity contribution in [3.63, 3.8) is 0 Å². The minimum atomic E-state index is -0.883. The van der Waals surface area contributed by atoms with E-state index >= 15 is 0 Å². The molecule has 0 saturated carbocycles. The maximum Gasteiger partial charge on any atom is 0.338 e. The van der Waals surface area contributed by atoms with Crippen LogP contribution in [0.2, 0.25) is 0 Å². The Hall–Kier alpha value is -0.700. The van der Waals surface area contributed by atoms with Gasteiger partial charge in [-0.1, -0.05) is 0 Å². The second kappa shape index (κ2) is 2.57. The molecule has 0 aromatic carbocycles. The Bertz CT molecular complexity index is 129. The van der Waals surface area contributed by atoms with E-state index in [4.69, 9.17) is 5.11 Å². The molecule has 0 spiro atoms. The topological polar surface area (TPSA) is 46.5 Å². The Kier molecular flexibility index (Phi) is 2.34. The van der Waals surface area contributed by atoms with Crippen molar-refractivity contribution in [3.8, 4) is 0 Å². The lowest BCUT2D eigenvalue weighted by atomic mass is 10.3. The monoisotopic (exact) mass is 136 g/mol. The van der Waals surface area contributed by atoms with Gasteiger partial charge in [-0.3, -0.25) is 0 Å². The summed E-state index contributed by atoms with van der Waals surface area (Å²) < 4.78 is 4.45. The summed E-state index contributed by atoms with van der Waals surface area (Å²) in [6, 6.07) is 0. The van der Waals surface area contributed by atoms with Crippen LogP contribution in [0.3, 0.4) is 0 Å². The van der Waals surface area contributed by atoms with Crippen LogP contribution in [-0.2, 0) is 9.53 Å². The van der Waals surface area contributed by atoms with Gasteiger partial charge in [0.25, 0.3) is 0 Å².